The molecule has 1 aliphatic carbocycles. The molecule has 3 heteroatoms. The molecule has 1 amide bonds. The first-order valence-corrected chi connectivity index (χ1v) is 5.65. The van der Waals surface area contributed by atoms with Gasteiger partial charge in [0, 0.05) is 0 Å². The lowest BCUT2D eigenvalue weighted by Crippen LogP contribution is -2.62. The van der Waals surface area contributed by atoms with E-state index in [9.17, 15) is 4.79 Å². The third-order valence-corrected chi connectivity index (χ3v) is 3.56. The van der Waals surface area contributed by atoms with Gasteiger partial charge in [0.15, 0.2) is 0 Å². The number of amides is 1. The summed E-state index contributed by atoms with van der Waals surface area (Å²) >= 11 is 0. The van der Waals surface area contributed by atoms with Crippen molar-refractivity contribution in [2.24, 2.45) is 5.92 Å². The summed E-state index contributed by atoms with van der Waals surface area (Å²) in [5.74, 6) is 0.725. The van der Waals surface area contributed by atoms with Crippen LogP contribution in [0.3, 0.4) is 0 Å². The summed E-state index contributed by atoms with van der Waals surface area (Å²) in [6.45, 7) is 3.14. The zero-order valence-corrected chi connectivity index (χ0v) is 8.84. The Morgan fingerprint density at radius 1 is 1.57 bits per heavy atom. The van der Waals surface area contributed by atoms with Gasteiger partial charge in [-0.3, -0.25) is 4.79 Å². The van der Waals surface area contributed by atoms with Gasteiger partial charge in [0.05, 0.1) is 12.1 Å². The van der Waals surface area contributed by atoms with Gasteiger partial charge in [0.25, 0.3) is 0 Å². The van der Waals surface area contributed by atoms with E-state index in [1.54, 1.807) is 0 Å². The van der Waals surface area contributed by atoms with E-state index >= 15 is 0 Å². The molecule has 0 aromatic heterocycles. The highest BCUT2D eigenvalue weighted by molar-refractivity contribution is 5.78. The molecule has 1 heterocycles. The molecule has 1 saturated carbocycles. The van der Waals surface area contributed by atoms with E-state index in [1.807, 2.05) is 0 Å². The average Bonchev–Trinajstić information content (AvgIpc) is 2.00. The maximum Gasteiger partial charge on any atom is 0.246 e. The number of rotatable bonds is 3. The summed E-state index contributed by atoms with van der Waals surface area (Å²) in [4.78, 5) is 11.4. The molecule has 3 nitrogen and oxygen atoms in total. The van der Waals surface area contributed by atoms with Crippen molar-refractivity contribution < 1.29 is 9.53 Å². The second-order valence-electron chi connectivity index (χ2n) is 4.57. The van der Waals surface area contributed by atoms with E-state index in [1.165, 1.54) is 19.3 Å². The van der Waals surface area contributed by atoms with Crippen molar-refractivity contribution in [1.82, 2.24) is 5.32 Å². The molecule has 0 bridgehead atoms. The van der Waals surface area contributed by atoms with Gasteiger partial charge in [-0.25, -0.2) is 0 Å². The van der Waals surface area contributed by atoms with Crippen molar-refractivity contribution in [3.05, 3.63) is 0 Å². The van der Waals surface area contributed by atoms with Crippen molar-refractivity contribution in [3.63, 3.8) is 0 Å². The van der Waals surface area contributed by atoms with Gasteiger partial charge < -0.3 is 10.1 Å². The molecule has 2 rings (SSSR count). The first-order chi connectivity index (χ1) is 6.77. The van der Waals surface area contributed by atoms with Crippen LogP contribution in [0.15, 0.2) is 0 Å². The molecule has 1 N–H and O–H groups in total. The van der Waals surface area contributed by atoms with E-state index in [2.05, 4.69) is 12.2 Å². The topological polar surface area (TPSA) is 38.3 Å². The summed E-state index contributed by atoms with van der Waals surface area (Å²) in [5.41, 5.74) is -0.0255. The molecule has 2 aliphatic rings. The molecule has 2 fully saturated rings. The highest BCUT2D eigenvalue weighted by Gasteiger charge is 2.44. The average molecular weight is 197 g/mol. The molecule has 1 unspecified atom stereocenters. The first kappa shape index (κ1) is 9.97. The van der Waals surface area contributed by atoms with E-state index in [4.69, 9.17) is 4.74 Å². The van der Waals surface area contributed by atoms with Gasteiger partial charge >= 0.3 is 0 Å². The molecule has 0 spiro atoms. The van der Waals surface area contributed by atoms with E-state index in [0.717, 1.165) is 19.4 Å². The van der Waals surface area contributed by atoms with E-state index in [0.29, 0.717) is 5.92 Å². The fraction of sp³-hybridized carbons (Fsp3) is 0.909. The Morgan fingerprint density at radius 3 is 2.86 bits per heavy atom. The van der Waals surface area contributed by atoms with Crippen LogP contribution in [0.4, 0.5) is 0 Å². The van der Waals surface area contributed by atoms with Crippen molar-refractivity contribution in [1.29, 1.82) is 0 Å². The summed E-state index contributed by atoms with van der Waals surface area (Å²) < 4.78 is 5.40. The maximum absolute atomic E-state index is 11.4. The molecule has 0 radical (unpaired) electrons. The van der Waals surface area contributed by atoms with Gasteiger partial charge in [-0.2, -0.15) is 0 Å². The van der Waals surface area contributed by atoms with E-state index in [-0.39, 0.29) is 18.1 Å². The number of hydrogen-bond donors (Lipinski definition) is 1. The third-order valence-electron chi connectivity index (χ3n) is 3.56. The Hall–Kier alpha value is -0.570. The number of carbonyl (C=O) groups is 1. The Morgan fingerprint density at radius 2 is 2.36 bits per heavy atom. The van der Waals surface area contributed by atoms with Crippen LogP contribution < -0.4 is 5.32 Å². The van der Waals surface area contributed by atoms with Crippen molar-refractivity contribution >= 4 is 5.91 Å². The lowest BCUT2D eigenvalue weighted by atomic mass is 9.68. The van der Waals surface area contributed by atoms with Gasteiger partial charge in [-0.05, 0) is 25.2 Å². The zero-order chi connectivity index (χ0) is 10.0. The minimum atomic E-state index is -0.0255. The van der Waals surface area contributed by atoms with Crippen LogP contribution in [-0.2, 0) is 9.53 Å². The van der Waals surface area contributed by atoms with Crippen LogP contribution in [-0.4, -0.2) is 24.7 Å². The second-order valence-corrected chi connectivity index (χ2v) is 4.57. The number of hydrogen-bond acceptors (Lipinski definition) is 2. The normalized spacial score (nSPS) is 33.6. The number of carbonyl (C=O) groups excluding carboxylic acids is 1. The summed E-state index contributed by atoms with van der Waals surface area (Å²) in [6.07, 6.45) is 5.99. The van der Waals surface area contributed by atoms with Crippen molar-refractivity contribution in [3.8, 4) is 0 Å². The predicted molar refractivity (Wildman–Crippen MR) is 53.9 cm³/mol. The Labute approximate surface area is 85.2 Å². The summed E-state index contributed by atoms with van der Waals surface area (Å²) in [6, 6.07) is 0. The highest BCUT2D eigenvalue weighted by Crippen LogP contribution is 2.39. The molecular formula is C11H19NO2. The molecule has 80 valence electrons. The Kier molecular flexibility index (Phi) is 2.77. The monoisotopic (exact) mass is 197 g/mol. The fourth-order valence-corrected chi connectivity index (χ4v) is 2.64. The number of nitrogens with one attached hydrogen (secondary N) is 1. The van der Waals surface area contributed by atoms with Crippen LogP contribution in [0.1, 0.15) is 39.0 Å². The lowest BCUT2D eigenvalue weighted by molar-refractivity contribution is -0.139. The molecule has 0 aromatic carbocycles. The van der Waals surface area contributed by atoms with Crippen LogP contribution in [0.2, 0.25) is 0 Å². The molecular weight excluding hydrogens is 178 g/mol. The standard InChI is InChI=1S/C11H19NO2/c1-2-6-11(9-4-3-5-9)8-14-7-10(13)12-11/h9H,2-8H2,1H3,(H,12,13). The van der Waals surface area contributed by atoms with Crippen molar-refractivity contribution in [2.75, 3.05) is 13.2 Å². The van der Waals surface area contributed by atoms with Gasteiger partial charge in [-0.15, -0.1) is 0 Å². The predicted octanol–water partition coefficient (Wildman–Crippen LogP) is 1.47. The number of morpholine rings is 1. The summed E-state index contributed by atoms with van der Waals surface area (Å²) in [7, 11) is 0. The lowest BCUT2D eigenvalue weighted by Gasteiger charge is -2.47. The van der Waals surface area contributed by atoms with Crippen LogP contribution >= 0.6 is 0 Å². The summed E-state index contributed by atoms with van der Waals surface area (Å²) in [5, 5.41) is 3.17. The fourth-order valence-electron chi connectivity index (χ4n) is 2.64. The zero-order valence-electron chi connectivity index (χ0n) is 8.84. The Balaban J connectivity index is 2.07. The van der Waals surface area contributed by atoms with Crippen LogP contribution in [0, 0.1) is 5.92 Å². The quantitative estimate of drug-likeness (QED) is 0.744. The molecule has 0 aromatic rings. The second kappa shape index (κ2) is 3.89. The molecule has 1 aliphatic heterocycles. The minimum Gasteiger partial charge on any atom is -0.369 e. The van der Waals surface area contributed by atoms with Gasteiger partial charge in [0.1, 0.15) is 6.61 Å². The SMILES string of the molecule is CCCC1(C2CCC2)COCC(=O)N1. The Bertz CT molecular complexity index is 221. The maximum atomic E-state index is 11.4. The van der Waals surface area contributed by atoms with Gasteiger partial charge in [-0.1, -0.05) is 19.8 Å². The van der Waals surface area contributed by atoms with Gasteiger partial charge in [0.2, 0.25) is 5.91 Å². The van der Waals surface area contributed by atoms with E-state index < -0.39 is 0 Å². The number of ether oxygens (including phenoxy) is 1. The first-order valence-electron chi connectivity index (χ1n) is 5.65. The minimum absolute atomic E-state index is 0.0255. The third kappa shape index (κ3) is 1.65. The molecule has 1 saturated heterocycles. The van der Waals surface area contributed by atoms with Crippen LogP contribution in [0.25, 0.3) is 0 Å². The smallest absolute Gasteiger partial charge is 0.246 e. The molecule has 1 atom stereocenters. The largest absolute Gasteiger partial charge is 0.369 e. The van der Waals surface area contributed by atoms with Crippen LogP contribution in [0.5, 0.6) is 0 Å². The van der Waals surface area contributed by atoms with Crippen molar-refractivity contribution in [2.45, 2.75) is 44.6 Å². The highest BCUT2D eigenvalue weighted by atomic mass is 16.5. The molecule has 14 heavy (non-hydrogen) atoms.